The lowest BCUT2D eigenvalue weighted by atomic mass is 10.1. The van der Waals surface area contributed by atoms with E-state index in [-0.39, 0.29) is 5.91 Å². The third kappa shape index (κ3) is 4.32. The number of carbonyl (C=O) groups excluding carboxylic acids is 1. The summed E-state index contributed by atoms with van der Waals surface area (Å²) in [5.41, 5.74) is 3.85. The fourth-order valence-corrected chi connectivity index (χ4v) is 4.11. The molecule has 1 unspecified atom stereocenters. The van der Waals surface area contributed by atoms with Crippen LogP contribution in [0.3, 0.4) is 0 Å². The third-order valence-electron chi connectivity index (χ3n) is 5.73. The van der Waals surface area contributed by atoms with E-state index in [0.717, 1.165) is 54.9 Å². The van der Waals surface area contributed by atoms with Gasteiger partial charge in [0.15, 0.2) is 0 Å². The summed E-state index contributed by atoms with van der Waals surface area (Å²) >= 11 is 0. The molecule has 1 amide bonds. The van der Waals surface area contributed by atoms with Crippen LogP contribution in [-0.2, 0) is 0 Å². The summed E-state index contributed by atoms with van der Waals surface area (Å²) in [6.45, 7) is 6.00. The Bertz CT molecular complexity index is 1020. The van der Waals surface area contributed by atoms with Gasteiger partial charge in [0.25, 0.3) is 5.91 Å². The summed E-state index contributed by atoms with van der Waals surface area (Å²) in [5.74, 6) is 0.400. The maximum atomic E-state index is 12.8. The largest absolute Gasteiger partial charge is 0.369 e. The quantitative estimate of drug-likeness (QED) is 0.586. The van der Waals surface area contributed by atoms with E-state index in [1.165, 1.54) is 0 Å². The number of carbonyl (C=O) groups is 1. The summed E-state index contributed by atoms with van der Waals surface area (Å²) in [5, 5.41) is 7.34. The molecule has 158 valence electrons. The normalized spacial score (nSPS) is 15.5. The SMILES string of the molecule is CCC(c1cc2cnc(NC(=O)c3cccc(N4CCNCC4)c3)cc2[nH]1)N(C)C. The number of hydrogen-bond acceptors (Lipinski definition) is 5. The molecule has 0 radical (unpaired) electrons. The predicted molar refractivity (Wildman–Crippen MR) is 122 cm³/mol. The lowest BCUT2D eigenvalue weighted by molar-refractivity contribution is 0.102. The molecule has 0 spiro atoms. The Labute approximate surface area is 177 Å². The van der Waals surface area contributed by atoms with Crippen LogP contribution >= 0.6 is 0 Å². The van der Waals surface area contributed by atoms with Gasteiger partial charge >= 0.3 is 0 Å². The first-order chi connectivity index (χ1) is 14.5. The van der Waals surface area contributed by atoms with E-state index >= 15 is 0 Å². The number of amides is 1. The molecule has 1 aliphatic heterocycles. The van der Waals surface area contributed by atoms with Crippen molar-refractivity contribution < 1.29 is 4.79 Å². The molecular weight excluding hydrogens is 376 g/mol. The minimum absolute atomic E-state index is 0.148. The fourth-order valence-electron chi connectivity index (χ4n) is 4.11. The molecule has 1 aliphatic rings. The second-order valence-electron chi connectivity index (χ2n) is 8.01. The van der Waals surface area contributed by atoms with Crippen molar-refractivity contribution in [3.63, 3.8) is 0 Å². The summed E-state index contributed by atoms with van der Waals surface area (Å²) < 4.78 is 0. The maximum absolute atomic E-state index is 12.8. The van der Waals surface area contributed by atoms with Crippen molar-refractivity contribution in [2.45, 2.75) is 19.4 Å². The molecule has 0 aliphatic carbocycles. The van der Waals surface area contributed by atoms with Crippen molar-refractivity contribution in [3.05, 3.63) is 53.9 Å². The Morgan fingerprint density at radius 2 is 2.03 bits per heavy atom. The number of fused-ring (bicyclic) bond motifs is 1. The second-order valence-corrected chi connectivity index (χ2v) is 8.01. The Morgan fingerprint density at radius 1 is 1.23 bits per heavy atom. The first-order valence-corrected chi connectivity index (χ1v) is 10.6. The first kappa shape index (κ1) is 20.4. The highest BCUT2D eigenvalue weighted by Gasteiger charge is 2.16. The van der Waals surface area contributed by atoms with Gasteiger partial charge in [-0.1, -0.05) is 13.0 Å². The molecule has 7 heteroatoms. The minimum Gasteiger partial charge on any atom is -0.369 e. The Morgan fingerprint density at radius 3 is 2.77 bits per heavy atom. The van der Waals surface area contributed by atoms with Gasteiger partial charge in [-0.25, -0.2) is 4.98 Å². The van der Waals surface area contributed by atoms with Crippen molar-refractivity contribution in [2.75, 3.05) is 50.5 Å². The molecule has 3 heterocycles. The van der Waals surface area contributed by atoms with Gasteiger partial charge in [0.1, 0.15) is 5.82 Å². The molecule has 1 aromatic carbocycles. The number of nitrogens with zero attached hydrogens (tertiary/aromatic N) is 3. The van der Waals surface area contributed by atoms with Crippen LogP contribution in [0.15, 0.2) is 42.6 Å². The maximum Gasteiger partial charge on any atom is 0.256 e. The van der Waals surface area contributed by atoms with E-state index in [9.17, 15) is 4.79 Å². The molecule has 30 heavy (non-hydrogen) atoms. The van der Waals surface area contributed by atoms with E-state index in [0.29, 0.717) is 17.4 Å². The molecule has 0 bridgehead atoms. The average molecular weight is 407 g/mol. The Kier molecular flexibility index (Phi) is 6.01. The van der Waals surface area contributed by atoms with Crippen LogP contribution in [-0.4, -0.2) is 61.0 Å². The number of aromatic nitrogens is 2. The highest BCUT2D eigenvalue weighted by atomic mass is 16.1. The third-order valence-corrected chi connectivity index (χ3v) is 5.73. The van der Waals surface area contributed by atoms with Crippen LogP contribution in [0.2, 0.25) is 0 Å². The van der Waals surface area contributed by atoms with Crippen molar-refractivity contribution >= 4 is 28.3 Å². The summed E-state index contributed by atoms with van der Waals surface area (Å²) in [6.07, 6.45) is 2.82. The van der Waals surface area contributed by atoms with Crippen LogP contribution in [0.1, 0.15) is 35.4 Å². The van der Waals surface area contributed by atoms with E-state index in [1.54, 1.807) is 0 Å². The summed E-state index contributed by atoms with van der Waals surface area (Å²) in [4.78, 5) is 25.3. The molecule has 4 rings (SSSR count). The van der Waals surface area contributed by atoms with Gasteiger partial charge in [0.05, 0.1) is 5.52 Å². The smallest absolute Gasteiger partial charge is 0.256 e. The standard InChI is InChI=1S/C23H30N6O/c1-4-21(28(2)3)20-13-17-15-25-22(14-19(17)26-20)27-23(30)16-6-5-7-18(12-16)29-10-8-24-9-11-29/h5-7,12-15,21,24,26H,4,8-11H2,1-3H3,(H,25,27,30). The molecule has 1 saturated heterocycles. The predicted octanol–water partition coefficient (Wildman–Crippen LogP) is 3.24. The van der Waals surface area contributed by atoms with Gasteiger partial charge in [-0.3, -0.25) is 4.79 Å². The molecule has 3 N–H and O–H groups in total. The van der Waals surface area contributed by atoms with Crippen LogP contribution in [0.5, 0.6) is 0 Å². The van der Waals surface area contributed by atoms with E-state index in [2.05, 4.69) is 63.6 Å². The zero-order chi connectivity index (χ0) is 21.1. The molecule has 2 aromatic heterocycles. The van der Waals surface area contributed by atoms with E-state index < -0.39 is 0 Å². The highest BCUT2D eigenvalue weighted by Crippen LogP contribution is 2.26. The van der Waals surface area contributed by atoms with Crippen molar-refractivity contribution in [3.8, 4) is 0 Å². The topological polar surface area (TPSA) is 76.3 Å². The van der Waals surface area contributed by atoms with Crippen molar-refractivity contribution in [2.24, 2.45) is 0 Å². The van der Waals surface area contributed by atoms with Crippen molar-refractivity contribution in [1.29, 1.82) is 0 Å². The number of piperazine rings is 1. The fraction of sp³-hybridized carbons (Fsp3) is 0.391. The van der Waals surface area contributed by atoms with Gasteiger partial charge in [-0.15, -0.1) is 0 Å². The van der Waals surface area contributed by atoms with Crippen LogP contribution < -0.4 is 15.5 Å². The monoisotopic (exact) mass is 406 g/mol. The number of rotatable bonds is 6. The first-order valence-electron chi connectivity index (χ1n) is 10.6. The molecule has 3 aromatic rings. The summed E-state index contributed by atoms with van der Waals surface area (Å²) in [6, 6.07) is 12.2. The van der Waals surface area contributed by atoms with Crippen LogP contribution in [0.25, 0.3) is 10.9 Å². The molecular formula is C23H30N6O. The number of benzene rings is 1. The average Bonchev–Trinajstić information content (AvgIpc) is 3.17. The van der Waals surface area contributed by atoms with E-state index in [1.807, 2.05) is 30.5 Å². The molecule has 0 saturated carbocycles. The molecule has 1 atom stereocenters. The minimum atomic E-state index is -0.148. The molecule has 1 fully saturated rings. The number of anilines is 2. The Balaban J connectivity index is 1.51. The van der Waals surface area contributed by atoms with E-state index in [4.69, 9.17) is 0 Å². The van der Waals surface area contributed by atoms with Crippen LogP contribution in [0, 0.1) is 0 Å². The van der Waals surface area contributed by atoms with Gasteiger partial charge in [-0.05, 0) is 44.8 Å². The second kappa shape index (κ2) is 8.85. The number of pyridine rings is 1. The Hall–Kier alpha value is -2.90. The lowest BCUT2D eigenvalue weighted by Gasteiger charge is -2.29. The zero-order valence-corrected chi connectivity index (χ0v) is 17.9. The number of hydrogen-bond donors (Lipinski definition) is 3. The number of nitrogens with one attached hydrogen (secondary N) is 3. The number of aromatic amines is 1. The van der Waals surface area contributed by atoms with Crippen LogP contribution in [0.4, 0.5) is 11.5 Å². The highest BCUT2D eigenvalue weighted by molar-refractivity contribution is 6.05. The summed E-state index contributed by atoms with van der Waals surface area (Å²) in [7, 11) is 4.16. The van der Waals surface area contributed by atoms with Crippen molar-refractivity contribution in [1.82, 2.24) is 20.2 Å². The number of H-pyrrole nitrogens is 1. The zero-order valence-electron chi connectivity index (χ0n) is 17.9. The van der Waals surface area contributed by atoms with Gasteiger partial charge in [0, 0.05) is 66.8 Å². The molecule has 7 nitrogen and oxygen atoms in total. The van der Waals surface area contributed by atoms with Gasteiger partial charge in [-0.2, -0.15) is 0 Å². The van der Waals surface area contributed by atoms with Gasteiger partial charge in [0.2, 0.25) is 0 Å². The van der Waals surface area contributed by atoms with Gasteiger partial charge < -0.3 is 25.4 Å². The lowest BCUT2D eigenvalue weighted by Crippen LogP contribution is -2.43.